The number of ether oxygens (including phenoxy) is 2. The minimum absolute atomic E-state index is 0.296. The van der Waals surface area contributed by atoms with E-state index >= 15 is 0 Å². The molecule has 1 aliphatic heterocycles. The van der Waals surface area contributed by atoms with E-state index in [2.05, 4.69) is 10.1 Å². The lowest BCUT2D eigenvalue weighted by Gasteiger charge is -2.21. The molecular weight excluding hydrogens is 455 g/mol. The van der Waals surface area contributed by atoms with Crippen LogP contribution in [0.25, 0.3) is 0 Å². The maximum absolute atomic E-state index is 12.7. The van der Waals surface area contributed by atoms with E-state index < -0.39 is 29.3 Å². The Balaban J connectivity index is 1.74. The zero-order valence-corrected chi connectivity index (χ0v) is 17.6. The maximum atomic E-state index is 12.7. The van der Waals surface area contributed by atoms with Crippen LogP contribution in [0.2, 0.25) is 5.02 Å². The van der Waals surface area contributed by atoms with Crippen molar-refractivity contribution in [3.63, 3.8) is 0 Å². The Kier molecular flexibility index (Phi) is 6.97. The number of halogens is 4. The summed E-state index contributed by atoms with van der Waals surface area (Å²) in [5.74, 6) is -0.472. The molecule has 8 nitrogen and oxygen atoms in total. The molecule has 1 atom stereocenters. The SMILES string of the molecule is COc1ccc(Cl)cc1N1CCC(NC(=O)c2cc(OCC(F)(F)F)ccc2[N+](=O)[O-])C1. The van der Waals surface area contributed by atoms with Crippen LogP contribution in [0.1, 0.15) is 16.8 Å². The van der Waals surface area contributed by atoms with E-state index in [0.717, 1.165) is 23.9 Å². The van der Waals surface area contributed by atoms with Crippen LogP contribution in [0.4, 0.5) is 24.5 Å². The lowest BCUT2D eigenvalue weighted by atomic mass is 10.1. The first-order valence-corrected chi connectivity index (χ1v) is 9.82. The zero-order chi connectivity index (χ0) is 23.5. The van der Waals surface area contributed by atoms with Crippen molar-refractivity contribution in [1.82, 2.24) is 5.32 Å². The van der Waals surface area contributed by atoms with Crippen LogP contribution in [-0.4, -0.2) is 49.9 Å². The van der Waals surface area contributed by atoms with Crippen molar-refractivity contribution in [2.75, 3.05) is 31.7 Å². The second-order valence-electron chi connectivity index (χ2n) is 7.06. The molecule has 2 aromatic rings. The number of rotatable bonds is 7. The van der Waals surface area contributed by atoms with Crippen LogP contribution in [0.15, 0.2) is 36.4 Å². The fourth-order valence-corrected chi connectivity index (χ4v) is 3.55. The number of alkyl halides is 3. The van der Waals surface area contributed by atoms with Crippen molar-refractivity contribution in [2.45, 2.75) is 18.6 Å². The summed E-state index contributed by atoms with van der Waals surface area (Å²) < 4.78 is 47.2. The number of nitrogens with zero attached hydrogens (tertiary/aromatic N) is 2. The van der Waals surface area contributed by atoms with E-state index in [4.69, 9.17) is 16.3 Å². The van der Waals surface area contributed by atoms with Crippen LogP contribution in [0, 0.1) is 10.1 Å². The smallest absolute Gasteiger partial charge is 0.422 e. The summed E-state index contributed by atoms with van der Waals surface area (Å²) in [7, 11) is 1.52. The van der Waals surface area contributed by atoms with Crippen molar-refractivity contribution in [2.24, 2.45) is 0 Å². The van der Waals surface area contributed by atoms with E-state index in [1.54, 1.807) is 18.2 Å². The lowest BCUT2D eigenvalue weighted by Crippen LogP contribution is -2.37. The average Bonchev–Trinajstić information content (AvgIpc) is 3.19. The molecule has 1 unspecified atom stereocenters. The van der Waals surface area contributed by atoms with Gasteiger partial charge in [-0.15, -0.1) is 0 Å². The topological polar surface area (TPSA) is 93.9 Å². The van der Waals surface area contributed by atoms with Crippen molar-refractivity contribution in [1.29, 1.82) is 0 Å². The number of carbonyl (C=O) groups excluding carboxylic acids is 1. The predicted molar refractivity (Wildman–Crippen MR) is 111 cm³/mol. The molecule has 0 saturated carbocycles. The van der Waals surface area contributed by atoms with Gasteiger partial charge in [-0.25, -0.2) is 0 Å². The Morgan fingerprint density at radius 2 is 2.06 bits per heavy atom. The van der Waals surface area contributed by atoms with Crippen LogP contribution in [0.5, 0.6) is 11.5 Å². The largest absolute Gasteiger partial charge is 0.495 e. The Hall–Kier alpha value is -3.21. The molecule has 172 valence electrons. The van der Waals surface area contributed by atoms with Gasteiger partial charge >= 0.3 is 6.18 Å². The van der Waals surface area contributed by atoms with Crippen molar-refractivity contribution in [3.8, 4) is 11.5 Å². The second kappa shape index (κ2) is 9.51. The van der Waals surface area contributed by atoms with Gasteiger partial charge in [0.05, 0.1) is 17.7 Å². The molecule has 32 heavy (non-hydrogen) atoms. The highest BCUT2D eigenvalue weighted by Crippen LogP contribution is 2.33. The predicted octanol–water partition coefficient (Wildman–Crippen LogP) is 4.21. The average molecular weight is 474 g/mol. The molecule has 12 heteroatoms. The van der Waals surface area contributed by atoms with Gasteiger partial charge in [-0.2, -0.15) is 13.2 Å². The standard InChI is InChI=1S/C20H19ClF3N3O5/c1-31-18-5-2-12(21)8-17(18)26-7-6-13(10-26)25-19(28)15-9-14(32-11-20(22,23)24)3-4-16(15)27(29)30/h2-5,8-9,13H,6-7,10-11H2,1H3,(H,25,28). The summed E-state index contributed by atoms with van der Waals surface area (Å²) in [6.45, 7) is -0.621. The van der Waals surface area contributed by atoms with Crippen molar-refractivity contribution >= 4 is 28.9 Å². The molecule has 0 aromatic heterocycles. The van der Waals surface area contributed by atoms with Gasteiger partial charge < -0.3 is 19.7 Å². The summed E-state index contributed by atoms with van der Waals surface area (Å²) in [5.41, 5.74) is -0.174. The monoisotopic (exact) mass is 473 g/mol. The third-order valence-corrected chi connectivity index (χ3v) is 5.05. The van der Waals surface area contributed by atoms with Gasteiger partial charge in [-0.1, -0.05) is 11.6 Å². The van der Waals surface area contributed by atoms with Gasteiger partial charge in [0.15, 0.2) is 6.61 Å². The van der Waals surface area contributed by atoms with E-state index in [1.807, 2.05) is 4.90 Å². The Morgan fingerprint density at radius 3 is 2.72 bits per heavy atom. The Labute approximate surface area is 186 Å². The minimum Gasteiger partial charge on any atom is -0.495 e. The first kappa shape index (κ1) is 23.5. The van der Waals surface area contributed by atoms with Gasteiger partial charge in [0.2, 0.25) is 0 Å². The lowest BCUT2D eigenvalue weighted by molar-refractivity contribution is -0.385. The third-order valence-electron chi connectivity index (χ3n) is 4.82. The number of hydrogen-bond acceptors (Lipinski definition) is 6. The highest BCUT2D eigenvalue weighted by Gasteiger charge is 2.31. The van der Waals surface area contributed by atoms with Crippen LogP contribution < -0.4 is 19.7 Å². The zero-order valence-electron chi connectivity index (χ0n) is 16.8. The normalized spacial score (nSPS) is 16.0. The fourth-order valence-electron chi connectivity index (χ4n) is 3.38. The van der Waals surface area contributed by atoms with E-state index in [1.165, 1.54) is 7.11 Å². The summed E-state index contributed by atoms with van der Waals surface area (Å²) >= 11 is 6.07. The summed E-state index contributed by atoms with van der Waals surface area (Å²) in [6.07, 6.45) is -4.04. The number of methoxy groups -OCH3 is 1. The number of amides is 1. The van der Waals surface area contributed by atoms with Crippen molar-refractivity contribution in [3.05, 3.63) is 57.1 Å². The van der Waals surface area contributed by atoms with Crippen LogP contribution in [0.3, 0.4) is 0 Å². The quantitative estimate of drug-likeness (QED) is 0.478. The van der Waals surface area contributed by atoms with E-state index in [9.17, 15) is 28.1 Å². The molecule has 1 N–H and O–H groups in total. The van der Waals surface area contributed by atoms with Crippen LogP contribution in [-0.2, 0) is 0 Å². The molecular formula is C20H19ClF3N3O5. The fraction of sp³-hybridized carbons (Fsp3) is 0.350. The molecule has 0 spiro atoms. The van der Waals surface area contributed by atoms with Gasteiger partial charge in [-0.05, 0) is 36.8 Å². The third kappa shape index (κ3) is 5.72. The highest BCUT2D eigenvalue weighted by molar-refractivity contribution is 6.30. The number of nitrogens with one attached hydrogen (secondary N) is 1. The Bertz CT molecular complexity index is 1020. The molecule has 3 rings (SSSR count). The highest BCUT2D eigenvalue weighted by atomic mass is 35.5. The molecule has 2 aromatic carbocycles. The molecule has 0 bridgehead atoms. The molecule has 1 amide bonds. The number of nitro groups is 1. The van der Waals surface area contributed by atoms with Gasteiger partial charge in [0, 0.05) is 30.2 Å². The van der Waals surface area contributed by atoms with Crippen molar-refractivity contribution < 1.29 is 32.4 Å². The molecule has 0 aliphatic carbocycles. The molecule has 1 saturated heterocycles. The maximum Gasteiger partial charge on any atom is 0.422 e. The minimum atomic E-state index is -4.58. The molecule has 0 radical (unpaired) electrons. The first-order chi connectivity index (χ1) is 15.1. The molecule has 1 heterocycles. The summed E-state index contributed by atoms with van der Waals surface area (Å²) in [5, 5.41) is 14.5. The molecule has 1 aliphatic rings. The second-order valence-corrected chi connectivity index (χ2v) is 7.50. The number of carbonyl (C=O) groups is 1. The van der Waals surface area contributed by atoms with Crippen LogP contribution >= 0.6 is 11.6 Å². The first-order valence-electron chi connectivity index (χ1n) is 9.44. The Morgan fingerprint density at radius 1 is 1.31 bits per heavy atom. The van der Waals surface area contributed by atoms with Gasteiger partial charge in [0.25, 0.3) is 11.6 Å². The molecule has 1 fully saturated rings. The van der Waals surface area contributed by atoms with Gasteiger partial charge in [0.1, 0.15) is 17.1 Å². The number of benzene rings is 2. The number of anilines is 1. The number of hydrogen-bond donors (Lipinski definition) is 1. The summed E-state index contributed by atoms with van der Waals surface area (Å²) in [4.78, 5) is 25.2. The van der Waals surface area contributed by atoms with E-state index in [0.29, 0.717) is 30.3 Å². The number of nitro benzene ring substituents is 1. The summed E-state index contributed by atoms with van der Waals surface area (Å²) in [6, 6.07) is 7.68. The van der Waals surface area contributed by atoms with E-state index in [-0.39, 0.29) is 17.4 Å². The van der Waals surface area contributed by atoms with Gasteiger partial charge in [-0.3, -0.25) is 14.9 Å².